The second kappa shape index (κ2) is 9.89. The number of amides is 1. The number of rotatable bonds is 6. The van der Waals surface area contributed by atoms with Crippen LogP contribution in [0.2, 0.25) is 5.02 Å². The number of nitrogen functional groups attached to an aromatic ring is 1. The first kappa shape index (κ1) is 22.2. The topological polar surface area (TPSA) is 64.8 Å². The van der Waals surface area contributed by atoms with Crippen LogP contribution < -0.4 is 20.1 Å². The molecule has 3 rings (SSSR count). The maximum Gasteiger partial charge on any atom is 0.258 e. The lowest BCUT2D eigenvalue weighted by atomic mass is 9.99. The van der Waals surface area contributed by atoms with Crippen LogP contribution in [0.15, 0.2) is 30.3 Å². The largest absolute Gasteiger partial charge is 0.490 e. The maximum absolute atomic E-state index is 13.2. The Morgan fingerprint density at radius 3 is 2.75 bits per heavy atom. The van der Waals surface area contributed by atoms with Gasteiger partial charge in [-0.05, 0) is 56.0 Å². The Labute approximate surface area is 177 Å². The Balaban J connectivity index is 0.00000280. The fourth-order valence-electron chi connectivity index (χ4n) is 3.32. The average molecular weight is 425 g/mol. The van der Waals surface area contributed by atoms with Crippen LogP contribution >= 0.6 is 24.0 Å². The third kappa shape index (κ3) is 4.47. The second-order valence-corrected chi connectivity index (χ2v) is 6.88. The van der Waals surface area contributed by atoms with Crippen molar-refractivity contribution in [2.45, 2.75) is 33.1 Å². The van der Waals surface area contributed by atoms with Gasteiger partial charge in [-0.3, -0.25) is 4.79 Å². The third-order valence-electron chi connectivity index (χ3n) is 4.54. The van der Waals surface area contributed by atoms with Crippen molar-refractivity contribution in [3.8, 4) is 11.5 Å². The highest BCUT2D eigenvalue weighted by atomic mass is 35.5. The summed E-state index contributed by atoms with van der Waals surface area (Å²) in [6, 6.07) is 9.05. The minimum atomic E-state index is -0.119. The van der Waals surface area contributed by atoms with Crippen molar-refractivity contribution in [3.63, 3.8) is 0 Å². The summed E-state index contributed by atoms with van der Waals surface area (Å²) in [4.78, 5) is 15.0. The molecule has 2 aromatic rings. The predicted octanol–water partition coefficient (Wildman–Crippen LogP) is 5.12. The van der Waals surface area contributed by atoms with Gasteiger partial charge in [0.1, 0.15) is 0 Å². The van der Waals surface area contributed by atoms with Gasteiger partial charge in [0.05, 0.1) is 18.2 Å². The number of hydrogen-bond acceptors (Lipinski definition) is 4. The van der Waals surface area contributed by atoms with E-state index in [1.165, 1.54) is 0 Å². The quantitative estimate of drug-likeness (QED) is 0.653. The summed E-state index contributed by atoms with van der Waals surface area (Å²) in [5, 5.41) is 0.377. The molecule has 2 N–H and O–H groups in total. The van der Waals surface area contributed by atoms with Gasteiger partial charge in [-0.15, -0.1) is 12.4 Å². The lowest BCUT2D eigenvalue weighted by Crippen LogP contribution is -2.35. The highest BCUT2D eigenvalue weighted by Gasteiger charge is 2.26. The van der Waals surface area contributed by atoms with Crippen molar-refractivity contribution >= 4 is 41.3 Å². The highest BCUT2D eigenvalue weighted by molar-refractivity contribution is 6.32. The van der Waals surface area contributed by atoms with Gasteiger partial charge < -0.3 is 20.1 Å². The van der Waals surface area contributed by atoms with Crippen LogP contribution in [-0.2, 0) is 6.42 Å². The number of ether oxygens (including phenoxy) is 2. The molecule has 0 aromatic heterocycles. The fraction of sp³-hybridized carbons (Fsp3) is 0.381. The van der Waals surface area contributed by atoms with Crippen LogP contribution in [0.5, 0.6) is 11.5 Å². The summed E-state index contributed by atoms with van der Waals surface area (Å²) in [7, 11) is 0. The van der Waals surface area contributed by atoms with E-state index >= 15 is 0 Å². The lowest BCUT2D eigenvalue weighted by Gasteiger charge is -2.30. The number of hydrogen-bond donors (Lipinski definition) is 1. The fourth-order valence-corrected chi connectivity index (χ4v) is 3.58. The molecule has 0 aliphatic carbocycles. The minimum Gasteiger partial charge on any atom is -0.490 e. The first-order valence-corrected chi connectivity index (χ1v) is 9.73. The standard InChI is InChI=1S/C21H25ClN2O3.ClH/c1-3-11-27-20-16(22)12-14(13-19(20)26-4-2)21(25)24-10-6-7-15-17(23)8-5-9-18(15)24;/h5,8-9,12-13H,3-4,6-7,10-11,23H2,1-2H3;1H. The molecule has 1 aliphatic heterocycles. The van der Waals surface area contributed by atoms with Crippen LogP contribution in [0.1, 0.15) is 42.6 Å². The number of carbonyl (C=O) groups is 1. The zero-order valence-electron chi connectivity index (χ0n) is 16.2. The van der Waals surface area contributed by atoms with E-state index in [9.17, 15) is 4.79 Å². The van der Waals surface area contributed by atoms with Crippen LogP contribution in [0, 0.1) is 0 Å². The minimum absolute atomic E-state index is 0. The zero-order chi connectivity index (χ0) is 19.4. The molecule has 0 saturated carbocycles. The van der Waals surface area contributed by atoms with Gasteiger partial charge in [0.2, 0.25) is 0 Å². The van der Waals surface area contributed by atoms with Crippen molar-refractivity contribution in [1.82, 2.24) is 0 Å². The van der Waals surface area contributed by atoms with Crippen molar-refractivity contribution in [2.24, 2.45) is 0 Å². The summed E-state index contributed by atoms with van der Waals surface area (Å²) in [5.74, 6) is 0.859. The average Bonchev–Trinajstić information content (AvgIpc) is 2.67. The highest BCUT2D eigenvalue weighted by Crippen LogP contribution is 2.38. The molecule has 0 bridgehead atoms. The third-order valence-corrected chi connectivity index (χ3v) is 4.82. The SMILES string of the molecule is CCCOc1c(Cl)cc(C(=O)N2CCCc3c(N)cccc32)cc1OCC.Cl. The molecule has 1 aliphatic rings. The normalized spacial score (nSPS) is 12.8. The number of carbonyl (C=O) groups excluding carboxylic acids is 1. The molecule has 28 heavy (non-hydrogen) atoms. The van der Waals surface area contributed by atoms with Gasteiger partial charge in [0.25, 0.3) is 5.91 Å². The number of nitrogens with two attached hydrogens (primary N) is 1. The van der Waals surface area contributed by atoms with Crippen LogP contribution in [0.3, 0.4) is 0 Å². The molecule has 0 radical (unpaired) electrons. The summed E-state index contributed by atoms with van der Waals surface area (Å²) in [5.41, 5.74) is 9.19. The summed E-state index contributed by atoms with van der Waals surface area (Å²) >= 11 is 6.42. The molecule has 0 spiro atoms. The molecule has 1 amide bonds. The molecule has 7 heteroatoms. The number of fused-ring (bicyclic) bond motifs is 1. The van der Waals surface area contributed by atoms with E-state index in [1.807, 2.05) is 32.0 Å². The summed E-state index contributed by atoms with van der Waals surface area (Å²) in [6.07, 6.45) is 2.60. The summed E-state index contributed by atoms with van der Waals surface area (Å²) in [6.45, 7) is 5.54. The van der Waals surface area contributed by atoms with Crippen LogP contribution in [0.25, 0.3) is 0 Å². The number of benzene rings is 2. The predicted molar refractivity (Wildman–Crippen MR) is 117 cm³/mol. The van der Waals surface area contributed by atoms with E-state index in [4.69, 9.17) is 26.8 Å². The Hall–Kier alpha value is -2.11. The Morgan fingerprint density at radius 1 is 1.25 bits per heavy atom. The van der Waals surface area contributed by atoms with E-state index in [1.54, 1.807) is 17.0 Å². The van der Waals surface area contributed by atoms with E-state index in [0.29, 0.717) is 41.8 Å². The van der Waals surface area contributed by atoms with Gasteiger partial charge in [-0.2, -0.15) is 0 Å². The molecule has 0 atom stereocenters. The van der Waals surface area contributed by atoms with E-state index < -0.39 is 0 Å². The van der Waals surface area contributed by atoms with E-state index in [2.05, 4.69) is 0 Å². The smallest absolute Gasteiger partial charge is 0.258 e. The van der Waals surface area contributed by atoms with Crippen LogP contribution in [0.4, 0.5) is 11.4 Å². The first-order valence-electron chi connectivity index (χ1n) is 9.35. The maximum atomic E-state index is 13.2. The van der Waals surface area contributed by atoms with Crippen LogP contribution in [-0.4, -0.2) is 25.7 Å². The molecule has 0 saturated heterocycles. The lowest BCUT2D eigenvalue weighted by molar-refractivity contribution is 0.0984. The molecule has 5 nitrogen and oxygen atoms in total. The van der Waals surface area contributed by atoms with Gasteiger partial charge in [0.15, 0.2) is 11.5 Å². The van der Waals surface area contributed by atoms with Crippen molar-refractivity contribution in [3.05, 3.63) is 46.5 Å². The molecule has 0 fully saturated rings. The van der Waals surface area contributed by atoms with Gasteiger partial charge in [-0.25, -0.2) is 0 Å². The Kier molecular flexibility index (Phi) is 7.84. The molecule has 0 unspecified atom stereocenters. The number of halogens is 2. The van der Waals surface area contributed by atoms with Gasteiger partial charge in [-0.1, -0.05) is 24.6 Å². The Morgan fingerprint density at radius 2 is 2.04 bits per heavy atom. The zero-order valence-corrected chi connectivity index (χ0v) is 17.7. The molecule has 152 valence electrons. The van der Waals surface area contributed by atoms with Gasteiger partial charge >= 0.3 is 0 Å². The number of nitrogens with zero attached hydrogens (tertiary/aromatic N) is 1. The Bertz CT molecular complexity index is 843. The molecular weight excluding hydrogens is 399 g/mol. The van der Waals surface area contributed by atoms with E-state index in [0.717, 1.165) is 36.2 Å². The van der Waals surface area contributed by atoms with Crippen molar-refractivity contribution < 1.29 is 14.3 Å². The van der Waals surface area contributed by atoms with E-state index in [-0.39, 0.29) is 18.3 Å². The van der Waals surface area contributed by atoms with Gasteiger partial charge in [0, 0.05) is 23.5 Å². The second-order valence-electron chi connectivity index (χ2n) is 6.47. The van der Waals surface area contributed by atoms with Crippen molar-refractivity contribution in [1.29, 1.82) is 0 Å². The van der Waals surface area contributed by atoms with Crippen molar-refractivity contribution in [2.75, 3.05) is 30.4 Å². The monoisotopic (exact) mass is 424 g/mol. The first-order chi connectivity index (χ1) is 13.1. The molecule has 1 heterocycles. The number of anilines is 2. The molecular formula is C21H26Cl2N2O3. The molecule has 2 aromatic carbocycles. The summed E-state index contributed by atoms with van der Waals surface area (Å²) < 4.78 is 11.4.